The van der Waals surface area contributed by atoms with Crippen molar-refractivity contribution in [3.63, 3.8) is 0 Å². The largest absolute Gasteiger partial charge is 0.294 e. The Bertz CT molecular complexity index is 1010. The van der Waals surface area contributed by atoms with E-state index in [1.54, 1.807) is 0 Å². The van der Waals surface area contributed by atoms with E-state index in [2.05, 4.69) is 68.4 Å². The number of ketones is 1. The Morgan fingerprint density at radius 1 is 0.788 bits per heavy atom. The van der Waals surface area contributed by atoms with Gasteiger partial charge in [0.2, 0.25) is 0 Å². The smallest absolute Gasteiger partial charge is 0.167 e. The van der Waals surface area contributed by atoms with Crippen LogP contribution in [0.2, 0.25) is 0 Å². The standard InChI is InChI=1S/C32H40O/c1-21-12-14-25-23(20-21)13-15-27-26(25)18-19-32(2)29(27)16-17-30(32)31(33)28-11-7-6-10-24(28)22-8-4-3-5-9-22/h3-11,21,23,25-27,29-30H,12-20H2,1-2H3/t21-,23-,25-,26+,27+,29-,30+,32-/m0/s1. The Kier molecular flexibility index (Phi) is 5.51. The summed E-state index contributed by atoms with van der Waals surface area (Å²) in [6, 6.07) is 18.8. The second-order valence-corrected chi connectivity index (χ2v) is 12.3. The molecule has 8 atom stereocenters. The van der Waals surface area contributed by atoms with Crippen molar-refractivity contribution in [1.82, 2.24) is 0 Å². The molecule has 0 aromatic heterocycles. The zero-order valence-electron chi connectivity index (χ0n) is 20.5. The van der Waals surface area contributed by atoms with E-state index in [9.17, 15) is 4.79 Å². The predicted octanol–water partition coefficient (Wildman–Crippen LogP) is 8.44. The van der Waals surface area contributed by atoms with Crippen molar-refractivity contribution in [2.75, 3.05) is 0 Å². The maximum Gasteiger partial charge on any atom is 0.167 e. The van der Waals surface area contributed by atoms with Crippen LogP contribution in [0.1, 0.15) is 82.0 Å². The van der Waals surface area contributed by atoms with Crippen LogP contribution < -0.4 is 0 Å². The third-order valence-corrected chi connectivity index (χ3v) is 10.8. The zero-order valence-corrected chi connectivity index (χ0v) is 20.5. The Morgan fingerprint density at radius 3 is 2.39 bits per heavy atom. The van der Waals surface area contributed by atoms with Gasteiger partial charge in [-0.2, -0.15) is 0 Å². The van der Waals surface area contributed by atoms with Crippen LogP contribution in [0.5, 0.6) is 0 Å². The van der Waals surface area contributed by atoms with E-state index in [1.807, 2.05) is 0 Å². The van der Waals surface area contributed by atoms with Crippen LogP contribution >= 0.6 is 0 Å². The van der Waals surface area contributed by atoms with Crippen LogP contribution in [0.3, 0.4) is 0 Å². The second-order valence-electron chi connectivity index (χ2n) is 12.3. The molecule has 0 spiro atoms. The lowest BCUT2D eigenvalue weighted by Crippen LogP contribution is -2.49. The van der Waals surface area contributed by atoms with Gasteiger partial charge in [0.05, 0.1) is 0 Å². The minimum atomic E-state index is 0.191. The highest BCUT2D eigenvalue weighted by atomic mass is 16.1. The van der Waals surface area contributed by atoms with Crippen molar-refractivity contribution in [1.29, 1.82) is 0 Å². The van der Waals surface area contributed by atoms with E-state index < -0.39 is 0 Å². The van der Waals surface area contributed by atoms with Gasteiger partial charge < -0.3 is 0 Å². The Balaban J connectivity index is 1.27. The minimum Gasteiger partial charge on any atom is -0.294 e. The van der Waals surface area contributed by atoms with Crippen LogP contribution in [-0.4, -0.2) is 5.78 Å². The second kappa shape index (κ2) is 8.40. The summed E-state index contributed by atoms with van der Waals surface area (Å²) in [5.41, 5.74) is 3.41. The van der Waals surface area contributed by atoms with Gasteiger partial charge in [-0.05, 0) is 103 Å². The number of carbonyl (C=O) groups excluding carboxylic acids is 1. The molecule has 0 bridgehead atoms. The molecule has 2 aromatic carbocycles. The van der Waals surface area contributed by atoms with Crippen LogP contribution in [0.15, 0.2) is 54.6 Å². The van der Waals surface area contributed by atoms with Gasteiger partial charge in [-0.1, -0.05) is 74.9 Å². The first kappa shape index (κ1) is 21.6. The van der Waals surface area contributed by atoms with Crippen molar-refractivity contribution in [3.8, 4) is 11.1 Å². The maximum absolute atomic E-state index is 14.1. The molecule has 4 fully saturated rings. The molecule has 0 amide bonds. The molecular weight excluding hydrogens is 400 g/mol. The van der Waals surface area contributed by atoms with Crippen molar-refractivity contribution < 1.29 is 4.79 Å². The molecule has 2 aromatic rings. The Hall–Kier alpha value is -1.89. The van der Waals surface area contributed by atoms with Crippen molar-refractivity contribution in [2.24, 2.45) is 46.8 Å². The van der Waals surface area contributed by atoms with Crippen molar-refractivity contribution >= 4 is 5.78 Å². The highest BCUT2D eigenvalue weighted by Crippen LogP contribution is 2.64. The van der Waals surface area contributed by atoms with E-state index in [4.69, 9.17) is 0 Å². The Labute approximate surface area is 200 Å². The molecular formula is C32H40O. The monoisotopic (exact) mass is 440 g/mol. The van der Waals surface area contributed by atoms with E-state index in [-0.39, 0.29) is 11.3 Å². The van der Waals surface area contributed by atoms with E-state index in [1.165, 1.54) is 51.4 Å². The number of rotatable bonds is 3. The quantitative estimate of drug-likeness (QED) is 0.438. The normalized spacial score (nSPS) is 39.9. The fourth-order valence-corrected chi connectivity index (χ4v) is 9.27. The Morgan fingerprint density at radius 2 is 1.55 bits per heavy atom. The van der Waals surface area contributed by atoms with Crippen LogP contribution in [0.4, 0.5) is 0 Å². The summed E-state index contributed by atoms with van der Waals surface area (Å²) in [5.74, 6) is 6.11. The number of hydrogen-bond acceptors (Lipinski definition) is 1. The molecule has 0 unspecified atom stereocenters. The summed E-state index contributed by atoms with van der Waals surface area (Å²) >= 11 is 0. The van der Waals surface area contributed by atoms with Crippen LogP contribution in [0.25, 0.3) is 11.1 Å². The lowest BCUT2D eigenvalue weighted by atomic mass is 9.49. The highest BCUT2D eigenvalue weighted by Gasteiger charge is 2.58. The molecule has 0 N–H and O–H groups in total. The highest BCUT2D eigenvalue weighted by molar-refractivity contribution is 6.04. The zero-order chi connectivity index (χ0) is 22.6. The van der Waals surface area contributed by atoms with Crippen molar-refractivity contribution in [2.45, 2.75) is 71.6 Å². The third kappa shape index (κ3) is 3.53. The van der Waals surface area contributed by atoms with Gasteiger partial charge in [-0.3, -0.25) is 4.79 Å². The first-order valence-electron chi connectivity index (χ1n) is 13.7. The molecule has 0 heterocycles. The number of benzene rings is 2. The van der Waals surface area contributed by atoms with Gasteiger partial charge in [0, 0.05) is 11.5 Å². The summed E-state index contributed by atoms with van der Waals surface area (Å²) in [4.78, 5) is 14.1. The average Bonchev–Trinajstić information content (AvgIpc) is 3.21. The number of carbonyl (C=O) groups is 1. The summed E-state index contributed by atoms with van der Waals surface area (Å²) in [5, 5.41) is 0. The lowest BCUT2D eigenvalue weighted by molar-refractivity contribution is -0.0634. The average molecular weight is 441 g/mol. The first-order valence-corrected chi connectivity index (χ1v) is 13.7. The molecule has 1 heteroatoms. The lowest BCUT2D eigenvalue weighted by Gasteiger charge is -2.56. The molecule has 6 rings (SSSR count). The maximum atomic E-state index is 14.1. The van der Waals surface area contributed by atoms with Gasteiger partial charge in [0.15, 0.2) is 5.78 Å². The first-order chi connectivity index (χ1) is 16.1. The van der Waals surface area contributed by atoms with E-state index in [0.29, 0.717) is 5.78 Å². The molecule has 0 saturated heterocycles. The molecule has 33 heavy (non-hydrogen) atoms. The van der Waals surface area contributed by atoms with Crippen LogP contribution in [-0.2, 0) is 0 Å². The van der Waals surface area contributed by atoms with E-state index in [0.717, 1.165) is 58.6 Å². The number of hydrogen-bond donors (Lipinski definition) is 0. The molecule has 174 valence electrons. The molecule has 4 aliphatic carbocycles. The molecule has 4 aliphatic rings. The SMILES string of the molecule is C[C@H]1CC[C@H]2[C@@H](CC[C@@H]3[C@@H]2CC[C@]2(C)[C@@H](C(=O)c4ccccc4-c4ccccc4)CC[C@@H]32)C1. The summed E-state index contributed by atoms with van der Waals surface area (Å²) in [6.45, 7) is 4.98. The molecule has 0 aliphatic heterocycles. The number of fused-ring (bicyclic) bond motifs is 5. The van der Waals surface area contributed by atoms with Gasteiger partial charge in [-0.25, -0.2) is 0 Å². The fourth-order valence-electron chi connectivity index (χ4n) is 9.27. The molecule has 4 saturated carbocycles. The van der Waals surface area contributed by atoms with Crippen molar-refractivity contribution in [3.05, 3.63) is 60.2 Å². The van der Waals surface area contributed by atoms with E-state index >= 15 is 0 Å². The van der Waals surface area contributed by atoms with Gasteiger partial charge >= 0.3 is 0 Å². The fraction of sp³-hybridized carbons (Fsp3) is 0.594. The summed E-state index contributed by atoms with van der Waals surface area (Å²) in [7, 11) is 0. The predicted molar refractivity (Wildman–Crippen MR) is 136 cm³/mol. The topological polar surface area (TPSA) is 17.1 Å². The third-order valence-electron chi connectivity index (χ3n) is 10.8. The summed E-state index contributed by atoms with van der Waals surface area (Å²) in [6.07, 6.45) is 12.3. The molecule has 0 radical (unpaired) electrons. The minimum absolute atomic E-state index is 0.191. The van der Waals surface area contributed by atoms with Gasteiger partial charge in [0.1, 0.15) is 0 Å². The van der Waals surface area contributed by atoms with Crippen LogP contribution in [0, 0.1) is 46.8 Å². The number of Topliss-reactive ketones (excluding diaryl/α,β-unsaturated/α-hetero) is 1. The summed E-state index contributed by atoms with van der Waals surface area (Å²) < 4.78 is 0. The molecule has 1 nitrogen and oxygen atoms in total. The van der Waals surface area contributed by atoms with Gasteiger partial charge in [0.25, 0.3) is 0 Å². The van der Waals surface area contributed by atoms with Gasteiger partial charge in [-0.15, -0.1) is 0 Å².